The first kappa shape index (κ1) is 22.9. The molecule has 0 unspecified atom stereocenters. The Labute approximate surface area is 189 Å². The van der Waals surface area contributed by atoms with Crippen molar-refractivity contribution in [2.75, 3.05) is 19.7 Å². The maximum atomic E-state index is 12.5. The molecule has 0 aromatic heterocycles. The van der Waals surface area contributed by atoms with Gasteiger partial charge in [-0.1, -0.05) is 53.5 Å². The molecular formula is C24H29Cl2NO3. The number of halogens is 2. The van der Waals surface area contributed by atoms with Gasteiger partial charge in [-0.15, -0.1) is 0 Å². The lowest BCUT2D eigenvalue weighted by atomic mass is 9.73. The van der Waals surface area contributed by atoms with Crippen LogP contribution in [0, 0.1) is 0 Å². The van der Waals surface area contributed by atoms with Crippen LogP contribution in [0.25, 0.3) is 0 Å². The Morgan fingerprint density at radius 3 is 2.20 bits per heavy atom. The molecule has 6 heteroatoms. The summed E-state index contributed by atoms with van der Waals surface area (Å²) in [6, 6.07) is 15.8. The Kier molecular flexibility index (Phi) is 7.33. The lowest BCUT2D eigenvalue weighted by Gasteiger charge is -2.42. The van der Waals surface area contributed by atoms with Crippen LogP contribution in [0.4, 0.5) is 4.79 Å². The third-order valence-electron chi connectivity index (χ3n) is 5.33. The molecule has 1 aliphatic rings. The first-order valence-corrected chi connectivity index (χ1v) is 11.0. The summed E-state index contributed by atoms with van der Waals surface area (Å²) in [6.07, 6.45) is 1.37. The van der Waals surface area contributed by atoms with Crippen LogP contribution in [0.15, 0.2) is 48.5 Å². The molecule has 2 aromatic rings. The zero-order chi connectivity index (χ0) is 21.8. The summed E-state index contributed by atoms with van der Waals surface area (Å²) in [5.74, 6) is 0. The average molecular weight is 450 g/mol. The van der Waals surface area contributed by atoms with Gasteiger partial charge >= 0.3 is 6.09 Å². The quantitative estimate of drug-likeness (QED) is 0.524. The minimum atomic E-state index is -0.494. The van der Waals surface area contributed by atoms with E-state index in [1.54, 1.807) is 11.0 Å². The lowest BCUT2D eigenvalue weighted by Crippen LogP contribution is -2.48. The van der Waals surface area contributed by atoms with Crippen molar-refractivity contribution >= 4 is 29.3 Å². The highest BCUT2D eigenvalue weighted by atomic mass is 35.5. The van der Waals surface area contributed by atoms with Gasteiger partial charge in [0.25, 0.3) is 0 Å². The van der Waals surface area contributed by atoms with Gasteiger partial charge in [-0.25, -0.2) is 4.79 Å². The maximum Gasteiger partial charge on any atom is 0.410 e. The third-order valence-corrected chi connectivity index (χ3v) is 5.76. The van der Waals surface area contributed by atoms with Gasteiger partial charge in [-0.3, -0.25) is 0 Å². The summed E-state index contributed by atoms with van der Waals surface area (Å²) in [5, 5.41) is 1.20. The van der Waals surface area contributed by atoms with E-state index in [1.165, 1.54) is 5.56 Å². The molecule has 0 atom stereocenters. The Hall–Kier alpha value is -1.75. The molecule has 3 rings (SSSR count). The summed E-state index contributed by atoms with van der Waals surface area (Å²) in [6.45, 7) is 7.93. The molecule has 30 heavy (non-hydrogen) atoms. The third kappa shape index (κ3) is 6.13. The second-order valence-corrected chi connectivity index (χ2v) is 9.76. The standard InChI is InChI=1S/C24H29Cl2NO3/c1-23(2,3)30-22(28)27-11-9-24(10-12-27,19-7-5-4-6-8-19)17-29-16-18-13-20(25)15-21(26)14-18/h4-8,13-15H,9-12,16-17H2,1-3H3. The van der Waals surface area contributed by atoms with E-state index in [-0.39, 0.29) is 11.5 Å². The molecular weight excluding hydrogens is 421 g/mol. The molecule has 0 saturated carbocycles. The fourth-order valence-electron chi connectivity index (χ4n) is 3.81. The number of rotatable bonds is 5. The number of likely N-dealkylation sites (tertiary alicyclic amines) is 1. The van der Waals surface area contributed by atoms with Crippen molar-refractivity contribution in [3.05, 3.63) is 69.7 Å². The highest BCUT2D eigenvalue weighted by Gasteiger charge is 2.38. The van der Waals surface area contributed by atoms with E-state index in [2.05, 4.69) is 12.1 Å². The van der Waals surface area contributed by atoms with Crippen LogP contribution in [0.5, 0.6) is 0 Å². The molecule has 162 valence electrons. The van der Waals surface area contributed by atoms with Gasteiger partial charge in [-0.2, -0.15) is 0 Å². The monoisotopic (exact) mass is 449 g/mol. The lowest BCUT2D eigenvalue weighted by molar-refractivity contribution is 0.00334. The van der Waals surface area contributed by atoms with Crippen molar-refractivity contribution in [2.45, 2.75) is 51.2 Å². The normalized spacial score (nSPS) is 16.4. The molecule has 0 spiro atoms. The molecule has 1 aliphatic heterocycles. The molecule has 4 nitrogen and oxygen atoms in total. The Bertz CT molecular complexity index is 836. The van der Waals surface area contributed by atoms with Crippen LogP contribution in [0.2, 0.25) is 10.0 Å². The maximum absolute atomic E-state index is 12.5. The summed E-state index contributed by atoms with van der Waals surface area (Å²) < 4.78 is 11.7. The topological polar surface area (TPSA) is 38.8 Å². The van der Waals surface area contributed by atoms with Crippen molar-refractivity contribution in [3.63, 3.8) is 0 Å². The number of carbonyl (C=O) groups is 1. The number of amides is 1. The van der Waals surface area contributed by atoms with Crippen LogP contribution in [-0.2, 0) is 21.5 Å². The van der Waals surface area contributed by atoms with Crippen LogP contribution >= 0.6 is 23.2 Å². The van der Waals surface area contributed by atoms with Gasteiger partial charge in [0.2, 0.25) is 0 Å². The predicted molar refractivity (Wildman–Crippen MR) is 121 cm³/mol. The second kappa shape index (κ2) is 9.59. The summed E-state index contributed by atoms with van der Waals surface area (Å²) in [5.41, 5.74) is 1.54. The van der Waals surface area contributed by atoms with Crippen molar-refractivity contribution in [3.8, 4) is 0 Å². The molecule has 1 amide bonds. The summed E-state index contributed by atoms with van der Waals surface area (Å²) >= 11 is 12.2. The smallest absolute Gasteiger partial charge is 0.410 e. The predicted octanol–water partition coefficient (Wildman–Crippen LogP) is 6.48. The minimum absolute atomic E-state index is 0.151. The van der Waals surface area contributed by atoms with E-state index in [0.29, 0.717) is 36.3 Å². The fraction of sp³-hybridized carbons (Fsp3) is 0.458. The number of benzene rings is 2. The molecule has 1 saturated heterocycles. The molecule has 1 fully saturated rings. The van der Waals surface area contributed by atoms with Gasteiger partial charge in [0, 0.05) is 28.5 Å². The van der Waals surface area contributed by atoms with Gasteiger partial charge in [0.05, 0.1) is 13.2 Å². The van der Waals surface area contributed by atoms with E-state index < -0.39 is 5.60 Å². The highest BCUT2D eigenvalue weighted by molar-refractivity contribution is 6.34. The van der Waals surface area contributed by atoms with E-state index in [1.807, 2.05) is 51.1 Å². The van der Waals surface area contributed by atoms with Gasteiger partial charge in [-0.05, 0) is 62.9 Å². The number of ether oxygens (including phenoxy) is 2. The fourth-order valence-corrected chi connectivity index (χ4v) is 4.38. The number of hydrogen-bond donors (Lipinski definition) is 0. The molecule has 0 radical (unpaired) electrons. The first-order chi connectivity index (χ1) is 14.2. The zero-order valence-electron chi connectivity index (χ0n) is 17.8. The molecule has 1 heterocycles. The summed E-state index contributed by atoms with van der Waals surface area (Å²) in [7, 11) is 0. The van der Waals surface area contributed by atoms with Gasteiger partial charge in [0.15, 0.2) is 0 Å². The SMILES string of the molecule is CC(C)(C)OC(=O)N1CCC(COCc2cc(Cl)cc(Cl)c2)(c2ccccc2)CC1. The summed E-state index contributed by atoms with van der Waals surface area (Å²) in [4.78, 5) is 14.3. The second-order valence-electron chi connectivity index (χ2n) is 8.88. The number of hydrogen-bond acceptors (Lipinski definition) is 3. The van der Waals surface area contributed by atoms with Crippen molar-refractivity contribution in [2.24, 2.45) is 0 Å². The number of carbonyl (C=O) groups excluding carboxylic acids is 1. The van der Waals surface area contributed by atoms with Crippen LogP contribution in [0.1, 0.15) is 44.7 Å². The van der Waals surface area contributed by atoms with Gasteiger partial charge < -0.3 is 14.4 Å². The van der Waals surface area contributed by atoms with Crippen molar-refractivity contribution < 1.29 is 14.3 Å². The Balaban J connectivity index is 1.68. The number of piperidine rings is 1. The largest absolute Gasteiger partial charge is 0.444 e. The molecule has 2 aromatic carbocycles. The van der Waals surface area contributed by atoms with E-state index in [4.69, 9.17) is 32.7 Å². The average Bonchev–Trinajstić information content (AvgIpc) is 2.67. The van der Waals surface area contributed by atoms with E-state index in [9.17, 15) is 4.79 Å². The minimum Gasteiger partial charge on any atom is -0.444 e. The molecule has 0 aliphatic carbocycles. The van der Waals surface area contributed by atoms with Crippen molar-refractivity contribution in [1.82, 2.24) is 4.90 Å². The number of nitrogens with zero attached hydrogens (tertiary/aromatic N) is 1. The Morgan fingerprint density at radius 1 is 1.03 bits per heavy atom. The molecule has 0 bridgehead atoms. The van der Waals surface area contributed by atoms with Crippen LogP contribution in [0.3, 0.4) is 0 Å². The van der Waals surface area contributed by atoms with Crippen molar-refractivity contribution in [1.29, 1.82) is 0 Å². The zero-order valence-corrected chi connectivity index (χ0v) is 19.3. The van der Waals surface area contributed by atoms with E-state index >= 15 is 0 Å². The van der Waals surface area contributed by atoms with Crippen LogP contribution in [-0.4, -0.2) is 36.3 Å². The highest BCUT2D eigenvalue weighted by Crippen LogP contribution is 2.36. The van der Waals surface area contributed by atoms with Gasteiger partial charge in [0.1, 0.15) is 5.60 Å². The molecule has 0 N–H and O–H groups in total. The first-order valence-electron chi connectivity index (χ1n) is 10.2. The van der Waals surface area contributed by atoms with Crippen LogP contribution < -0.4 is 0 Å². The Morgan fingerprint density at radius 2 is 1.63 bits per heavy atom. The van der Waals surface area contributed by atoms with E-state index in [0.717, 1.165) is 18.4 Å².